The maximum Gasteiger partial charge on any atom is 0.340 e. The van der Waals surface area contributed by atoms with Crippen LogP contribution in [0.4, 0.5) is 5.69 Å². The van der Waals surface area contributed by atoms with Gasteiger partial charge in [0.2, 0.25) is 0 Å². The molecule has 0 heterocycles. The molecule has 0 fully saturated rings. The molecule has 0 spiro atoms. The maximum atomic E-state index is 12.0. The van der Waals surface area contributed by atoms with E-state index in [-0.39, 0.29) is 6.61 Å². The third kappa shape index (κ3) is 3.89. The number of ether oxygens (including phenoxy) is 2. The van der Waals surface area contributed by atoms with Gasteiger partial charge in [0.15, 0.2) is 0 Å². The molecular formula is C15H13BrClNO3. The fraction of sp³-hybridized carbons (Fsp3) is 0.133. The maximum absolute atomic E-state index is 12.0. The highest BCUT2D eigenvalue weighted by Crippen LogP contribution is 2.26. The lowest BCUT2D eigenvalue weighted by atomic mass is 10.2. The summed E-state index contributed by atoms with van der Waals surface area (Å²) in [6.07, 6.45) is 0. The van der Waals surface area contributed by atoms with E-state index in [0.29, 0.717) is 22.0 Å². The first-order chi connectivity index (χ1) is 10.0. The van der Waals surface area contributed by atoms with Crippen molar-refractivity contribution in [1.82, 2.24) is 0 Å². The first-order valence-electron chi connectivity index (χ1n) is 6.06. The van der Waals surface area contributed by atoms with Gasteiger partial charge in [-0.25, -0.2) is 4.79 Å². The largest absolute Gasteiger partial charge is 0.496 e. The minimum Gasteiger partial charge on any atom is -0.496 e. The van der Waals surface area contributed by atoms with Crippen LogP contribution in [0.2, 0.25) is 5.02 Å². The minimum atomic E-state index is -0.490. The fourth-order valence-electron chi connectivity index (χ4n) is 1.75. The number of esters is 1. The summed E-state index contributed by atoms with van der Waals surface area (Å²) < 4.78 is 11.2. The van der Waals surface area contributed by atoms with Crippen molar-refractivity contribution in [3.8, 4) is 5.75 Å². The van der Waals surface area contributed by atoms with E-state index in [1.165, 1.54) is 6.07 Å². The van der Waals surface area contributed by atoms with Crippen LogP contribution < -0.4 is 10.5 Å². The van der Waals surface area contributed by atoms with Gasteiger partial charge in [-0.2, -0.15) is 0 Å². The summed E-state index contributed by atoms with van der Waals surface area (Å²) >= 11 is 9.17. The van der Waals surface area contributed by atoms with E-state index in [2.05, 4.69) is 15.9 Å². The Morgan fingerprint density at radius 3 is 2.67 bits per heavy atom. The molecule has 0 saturated heterocycles. The number of halogens is 2. The Kier molecular flexibility index (Phi) is 5.09. The molecular weight excluding hydrogens is 358 g/mol. The molecule has 0 aliphatic heterocycles. The molecule has 6 heteroatoms. The zero-order valence-corrected chi connectivity index (χ0v) is 13.6. The highest BCUT2D eigenvalue weighted by Gasteiger charge is 2.12. The van der Waals surface area contributed by atoms with Gasteiger partial charge in [0.1, 0.15) is 12.4 Å². The van der Waals surface area contributed by atoms with E-state index in [9.17, 15) is 4.79 Å². The van der Waals surface area contributed by atoms with Crippen LogP contribution in [0.5, 0.6) is 5.75 Å². The Morgan fingerprint density at radius 2 is 2.05 bits per heavy atom. The standard InChI is InChI=1S/C15H13BrClNO3/c1-20-14-5-2-9(6-12(14)16)8-21-15(19)11-4-3-10(17)7-13(11)18/h2-7H,8,18H2,1H3. The van der Waals surface area contributed by atoms with E-state index in [1.807, 2.05) is 12.1 Å². The molecule has 0 aliphatic rings. The lowest BCUT2D eigenvalue weighted by molar-refractivity contribution is 0.0474. The van der Waals surface area contributed by atoms with Crippen molar-refractivity contribution in [3.05, 3.63) is 57.0 Å². The summed E-state index contributed by atoms with van der Waals surface area (Å²) in [7, 11) is 1.59. The van der Waals surface area contributed by atoms with Crippen molar-refractivity contribution in [3.63, 3.8) is 0 Å². The van der Waals surface area contributed by atoms with Gasteiger partial charge >= 0.3 is 5.97 Å². The van der Waals surface area contributed by atoms with Crippen LogP contribution in [-0.4, -0.2) is 13.1 Å². The zero-order valence-electron chi connectivity index (χ0n) is 11.2. The van der Waals surface area contributed by atoms with Crippen molar-refractivity contribution in [2.75, 3.05) is 12.8 Å². The second kappa shape index (κ2) is 6.83. The zero-order chi connectivity index (χ0) is 15.4. The van der Waals surface area contributed by atoms with Crippen molar-refractivity contribution >= 4 is 39.2 Å². The number of anilines is 1. The molecule has 0 bridgehead atoms. The Balaban J connectivity index is 2.05. The number of carbonyl (C=O) groups excluding carboxylic acids is 1. The Morgan fingerprint density at radius 1 is 1.29 bits per heavy atom. The monoisotopic (exact) mass is 369 g/mol. The highest BCUT2D eigenvalue weighted by atomic mass is 79.9. The van der Waals surface area contributed by atoms with E-state index in [0.717, 1.165) is 10.0 Å². The first-order valence-corrected chi connectivity index (χ1v) is 7.23. The first kappa shape index (κ1) is 15.7. The van der Waals surface area contributed by atoms with Gasteiger partial charge in [0.25, 0.3) is 0 Å². The SMILES string of the molecule is COc1ccc(COC(=O)c2ccc(Cl)cc2N)cc1Br. The molecule has 4 nitrogen and oxygen atoms in total. The van der Waals surface area contributed by atoms with Gasteiger partial charge < -0.3 is 15.2 Å². The fourth-order valence-corrected chi connectivity index (χ4v) is 2.51. The number of rotatable bonds is 4. The molecule has 110 valence electrons. The summed E-state index contributed by atoms with van der Waals surface area (Å²) in [6.45, 7) is 0.142. The van der Waals surface area contributed by atoms with Gasteiger partial charge in [0, 0.05) is 10.7 Å². The van der Waals surface area contributed by atoms with E-state index in [4.69, 9.17) is 26.8 Å². The van der Waals surface area contributed by atoms with Crippen molar-refractivity contribution in [2.24, 2.45) is 0 Å². The Hall–Kier alpha value is -1.72. The van der Waals surface area contributed by atoms with Crippen LogP contribution in [0.1, 0.15) is 15.9 Å². The number of carbonyl (C=O) groups is 1. The molecule has 0 radical (unpaired) electrons. The molecule has 21 heavy (non-hydrogen) atoms. The third-order valence-corrected chi connectivity index (χ3v) is 3.67. The molecule has 0 saturated carbocycles. The van der Waals surface area contributed by atoms with Crippen LogP contribution in [0.3, 0.4) is 0 Å². The van der Waals surface area contributed by atoms with Crippen molar-refractivity contribution in [2.45, 2.75) is 6.61 Å². The predicted octanol–water partition coefficient (Wildman–Crippen LogP) is 4.05. The topological polar surface area (TPSA) is 61.5 Å². The van der Waals surface area contributed by atoms with Crippen LogP contribution >= 0.6 is 27.5 Å². The average molecular weight is 371 g/mol. The van der Waals surface area contributed by atoms with Gasteiger partial charge in [0.05, 0.1) is 17.1 Å². The van der Waals surface area contributed by atoms with E-state index in [1.54, 1.807) is 25.3 Å². The summed E-state index contributed by atoms with van der Waals surface area (Å²) in [4.78, 5) is 12.0. The molecule has 2 aromatic rings. The molecule has 2 rings (SSSR count). The number of methoxy groups -OCH3 is 1. The summed E-state index contributed by atoms with van der Waals surface area (Å²) in [5.41, 5.74) is 7.17. The summed E-state index contributed by atoms with van der Waals surface area (Å²) in [6, 6.07) is 10.1. The minimum absolute atomic E-state index is 0.142. The summed E-state index contributed by atoms with van der Waals surface area (Å²) in [5, 5.41) is 0.475. The third-order valence-electron chi connectivity index (χ3n) is 2.82. The lowest BCUT2D eigenvalue weighted by Crippen LogP contribution is -2.08. The number of nitrogens with two attached hydrogens (primary N) is 1. The van der Waals surface area contributed by atoms with Gasteiger partial charge in [-0.15, -0.1) is 0 Å². The Labute approximate surface area is 135 Å². The number of benzene rings is 2. The van der Waals surface area contributed by atoms with Crippen LogP contribution in [0.15, 0.2) is 40.9 Å². The van der Waals surface area contributed by atoms with E-state index < -0.39 is 5.97 Å². The highest BCUT2D eigenvalue weighted by molar-refractivity contribution is 9.10. The number of nitrogen functional groups attached to an aromatic ring is 1. The quantitative estimate of drug-likeness (QED) is 0.651. The number of hydrogen-bond acceptors (Lipinski definition) is 4. The molecule has 0 unspecified atom stereocenters. The van der Waals surface area contributed by atoms with Crippen molar-refractivity contribution in [1.29, 1.82) is 0 Å². The smallest absolute Gasteiger partial charge is 0.340 e. The lowest BCUT2D eigenvalue weighted by Gasteiger charge is -2.09. The Bertz CT molecular complexity index is 676. The van der Waals surface area contributed by atoms with Crippen LogP contribution in [0.25, 0.3) is 0 Å². The average Bonchev–Trinajstić information content (AvgIpc) is 2.45. The van der Waals surface area contributed by atoms with Crippen molar-refractivity contribution < 1.29 is 14.3 Å². The van der Waals surface area contributed by atoms with Gasteiger partial charge in [-0.05, 0) is 51.8 Å². The second-order valence-electron chi connectivity index (χ2n) is 4.28. The van der Waals surface area contributed by atoms with Crippen LogP contribution in [-0.2, 0) is 11.3 Å². The predicted molar refractivity (Wildman–Crippen MR) is 85.7 cm³/mol. The summed E-state index contributed by atoms with van der Waals surface area (Å²) in [5.74, 6) is 0.225. The molecule has 0 aliphatic carbocycles. The van der Waals surface area contributed by atoms with Crippen LogP contribution in [0, 0.1) is 0 Å². The molecule has 0 amide bonds. The molecule has 0 atom stereocenters. The van der Waals surface area contributed by atoms with Gasteiger partial charge in [-0.1, -0.05) is 17.7 Å². The second-order valence-corrected chi connectivity index (χ2v) is 5.57. The van der Waals surface area contributed by atoms with Gasteiger partial charge in [-0.3, -0.25) is 0 Å². The number of hydrogen-bond donors (Lipinski definition) is 1. The van der Waals surface area contributed by atoms with E-state index >= 15 is 0 Å². The molecule has 0 aromatic heterocycles. The molecule has 2 N–H and O–H groups in total. The normalized spacial score (nSPS) is 10.2. The molecule has 2 aromatic carbocycles.